The van der Waals surface area contributed by atoms with E-state index in [4.69, 9.17) is 0 Å². The van der Waals surface area contributed by atoms with Crippen molar-refractivity contribution in [1.29, 1.82) is 0 Å². The number of allylic oxidation sites excluding steroid dienone is 1. The van der Waals surface area contributed by atoms with Gasteiger partial charge in [-0.3, -0.25) is 10.1 Å². The first-order valence-corrected chi connectivity index (χ1v) is 4.46. The lowest BCUT2D eigenvalue weighted by atomic mass is 10.2. The highest BCUT2D eigenvalue weighted by atomic mass is 19.4. The van der Waals surface area contributed by atoms with Crippen molar-refractivity contribution in [1.82, 2.24) is 0 Å². The first kappa shape index (κ1) is 13.0. The molecule has 1 aromatic carbocycles. The quantitative estimate of drug-likeness (QED) is 0.608. The summed E-state index contributed by atoms with van der Waals surface area (Å²) in [4.78, 5) is 9.72. The van der Waals surface area contributed by atoms with Gasteiger partial charge in [0.25, 0.3) is 0 Å². The van der Waals surface area contributed by atoms with E-state index in [1.54, 1.807) is 0 Å². The Morgan fingerprint density at radius 3 is 2.65 bits per heavy atom. The van der Waals surface area contributed by atoms with Crippen LogP contribution in [0.2, 0.25) is 0 Å². The van der Waals surface area contributed by atoms with Crippen LogP contribution in [-0.2, 0) is 0 Å². The van der Waals surface area contributed by atoms with E-state index < -0.39 is 17.0 Å². The van der Waals surface area contributed by atoms with Gasteiger partial charge in [-0.2, -0.15) is 0 Å². The molecule has 1 aromatic rings. The summed E-state index contributed by atoms with van der Waals surface area (Å²) in [6.45, 7) is 1.25. The Kier molecular flexibility index (Phi) is 3.72. The minimum atomic E-state index is -4.78. The molecule has 0 aliphatic heterocycles. The smallest absolute Gasteiger partial charge is 0.406 e. The van der Waals surface area contributed by atoms with Crippen molar-refractivity contribution in [3.63, 3.8) is 0 Å². The van der Waals surface area contributed by atoms with E-state index in [2.05, 4.69) is 4.74 Å². The van der Waals surface area contributed by atoms with Crippen LogP contribution in [0.1, 0.15) is 12.5 Å². The van der Waals surface area contributed by atoms with Crippen LogP contribution in [0.5, 0.6) is 5.75 Å². The number of alkyl halides is 3. The molecule has 92 valence electrons. The van der Waals surface area contributed by atoms with E-state index in [9.17, 15) is 23.3 Å². The van der Waals surface area contributed by atoms with Gasteiger partial charge in [0, 0.05) is 13.0 Å². The normalized spacial score (nSPS) is 12.4. The molecule has 0 fully saturated rings. The van der Waals surface area contributed by atoms with E-state index >= 15 is 0 Å². The summed E-state index contributed by atoms with van der Waals surface area (Å²) in [6, 6.07) is 4.95. The fraction of sp³-hybridized carbons (Fsp3) is 0.200. The van der Waals surface area contributed by atoms with Gasteiger partial charge >= 0.3 is 6.36 Å². The second-order valence-corrected chi connectivity index (χ2v) is 3.16. The second kappa shape index (κ2) is 4.86. The van der Waals surface area contributed by atoms with E-state index in [0.717, 1.165) is 18.2 Å². The number of rotatable bonds is 3. The van der Waals surface area contributed by atoms with E-state index in [1.165, 1.54) is 19.1 Å². The molecule has 0 radical (unpaired) electrons. The van der Waals surface area contributed by atoms with E-state index in [0.29, 0.717) is 0 Å². The van der Waals surface area contributed by atoms with Gasteiger partial charge in [0.2, 0.25) is 5.70 Å². The van der Waals surface area contributed by atoms with Gasteiger partial charge in [0.15, 0.2) is 0 Å². The number of nitro groups is 1. The maximum absolute atomic E-state index is 11.9. The topological polar surface area (TPSA) is 52.4 Å². The molecule has 0 bridgehead atoms. The van der Waals surface area contributed by atoms with Crippen molar-refractivity contribution in [2.75, 3.05) is 0 Å². The molecule has 7 heteroatoms. The molecule has 17 heavy (non-hydrogen) atoms. The molecule has 0 aromatic heterocycles. The predicted molar refractivity (Wildman–Crippen MR) is 53.8 cm³/mol. The van der Waals surface area contributed by atoms with Crippen LogP contribution in [0, 0.1) is 10.1 Å². The molecule has 0 amide bonds. The summed E-state index contributed by atoms with van der Waals surface area (Å²) < 4.78 is 39.4. The molecular formula is C10H8F3NO3. The van der Waals surface area contributed by atoms with E-state index in [-0.39, 0.29) is 11.3 Å². The van der Waals surface area contributed by atoms with Crippen molar-refractivity contribution in [3.05, 3.63) is 45.6 Å². The van der Waals surface area contributed by atoms with Crippen molar-refractivity contribution >= 4 is 6.08 Å². The summed E-state index contributed by atoms with van der Waals surface area (Å²) in [6.07, 6.45) is -3.62. The highest BCUT2D eigenvalue weighted by molar-refractivity contribution is 5.52. The van der Waals surface area contributed by atoms with Gasteiger partial charge in [-0.15, -0.1) is 13.2 Å². The monoisotopic (exact) mass is 247 g/mol. The number of benzene rings is 1. The Morgan fingerprint density at radius 2 is 2.12 bits per heavy atom. The molecule has 0 saturated heterocycles. The SMILES string of the molecule is C/C(=C\c1cccc(OC(F)(F)F)c1)[N+](=O)[O-]. The van der Waals surface area contributed by atoms with Crippen LogP contribution in [-0.4, -0.2) is 11.3 Å². The lowest BCUT2D eigenvalue weighted by Gasteiger charge is -2.08. The second-order valence-electron chi connectivity index (χ2n) is 3.16. The van der Waals surface area contributed by atoms with Crippen molar-refractivity contribution in [3.8, 4) is 5.75 Å². The van der Waals surface area contributed by atoms with Crippen molar-refractivity contribution in [2.24, 2.45) is 0 Å². The van der Waals surface area contributed by atoms with Crippen LogP contribution >= 0.6 is 0 Å². The first-order valence-electron chi connectivity index (χ1n) is 4.46. The van der Waals surface area contributed by atoms with Crippen LogP contribution < -0.4 is 4.74 Å². The molecule has 0 unspecified atom stereocenters. The van der Waals surface area contributed by atoms with Gasteiger partial charge in [0.05, 0.1) is 4.92 Å². The molecule has 0 aliphatic carbocycles. The van der Waals surface area contributed by atoms with Crippen molar-refractivity contribution in [2.45, 2.75) is 13.3 Å². The molecule has 1 rings (SSSR count). The molecule has 4 nitrogen and oxygen atoms in total. The fourth-order valence-corrected chi connectivity index (χ4v) is 1.10. The molecule has 0 saturated carbocycles. The molecular weight excluding hydrogens is 239 g/mol. The molecule has 0 spiro atoms. The number of hydrogen-bond acceptors (Lipinski definition) is 3. The van der Waals surface area contributed by atoms with Gasteiger partial charge in [-0.05, 0) is 17.7 Å². The number of hydrogen-bond donors (Lipinski definition) is 0. The standard InChI is InChI=1S/C10H8F3NO3/c1-7(14(15)16)5-8-3-2-4-9(6-8)17-10(11,12)13/h2-6H,1H3/b7-5+. The Hall–Kier alpha value is -2.05. The summed E-state index contributed by atoms with van der Waals surface area (Å²) in [7, 11) is 0. The van der Waals surface area contributed by atoms with Crippen LogP contribution in [0.4, 0.5) is 13.2 Å². The lowest BCUT2D eigenvalue weighted by molar-refractivity contribution is -0.422. The number of halogens is 3. The molecule has 0 N–H and O–H groups in total. The zero-order chi connectivity index (χ0) is 13.1. The summed E-state index contributed by atoms with van der Waals surface area (Å²) in [5.74, 6) is -0.414. The summed E-state index contributed by atoms with van der Waals surface area (Å²) >= 11 is 0. The van der Waals surface area contributed by atoms with Crippen LogP contribution in [0.25, 0.3) is 6.08 Å². The third-order valence-corrected chi connectivity index (χ3v) is 1.76. The molecule has 0 heterocycles. The Morgan fingerprint density at radius 1 is 1.47 bits per heavy atom. The first-order chi connectivity index (χ1) is 7.78. The van der Waals surface area contributed by atoms with Crippen LogP contribution in [0.15, 0.2) is 30.0 Å². The van der Waals surface area contributed by atoms with Gasteiger partial charge in [0.1, 0.15) is 5.75 Å². The Bertz CT molecular complexity index is 454. The minimum absolute atomic E-state index is 0.172. The number of nitrogens with zero attached hydrogens (tertiary/aromatic N) is 1. The highest BCUT2D eigenvalue weighted by Crippen LogP contribution is 2.24. The third kappa shape index (κ3) is 4.54. The minimum Gasteiger partial charge on any atom is -0.406 e. The Balaban J connectivity index is 2.94. The zero-order valence-corrected chi connectivity index (χ0v) is 8.69. The largest absolute Gasteiger partial charge is 0.573 e. The van der Waals surface area contributed by atoms with Gasteiger partial charge < -0.3 is 4.74 Å². The third-order valence-electron chi connectivity index (χ3n) is 1.76. The number of ether oxygens (including phenoxy) is 1. The highest BCUT2D eigenvalue weighted by Gasteiger charge is 2.31. The summed E-state index contributed by atoms with van der Waals surface area (Å²) in [5.41, 5.74) is 0.0927. The fourth-order valence-electron chi connectivity index (χ4n) is 1.10. The average Bonchev–Trinajstić information content (AvgIpc) is 2.15. The van der Waals surface area contributed by atoms with Gasteiger partial charge in [-0.1, -0.05) is 12.1 Å². The lowest BCUT2D eigenvalue weighted by Crippen LogP contribution is -2.17. The summed E-state index contributed by atoms with van der Waals surface area (Å²) in [5, 5.41) is 10.3. The van der Waals surface area contributed by atoms with Crippen LogP contribution in [0.3, 0.4) is 0 Å². The molecule has 0 atom stereocenters. The average molecular weight is 247 g/mol. The maximum atomic E-state index is 11.9. The van der Waals surface area contributed by atoms with E-state index in [1.807, 2.05) is 0 Å². The molecule has 0 aliphatic rings. The zero-order valence-electron chi connectivity index (χ0n) is 8.69. The van der Waals surface area contributed by atoms with Crippen molar-refractivity contribution < 1.29 is 22.8 Å². The van der Waals surface area contributed by atoms with Gasteiger partial charge in [-0.25, -0.2) is 0 Å². The predicted octanol–water partition coefficient (Wildman–Crippen LogP) is 3.22. The maximum Gasteiger partial charge on any atom is 0.573 e. The Labute approximate surface area is 94.5 Å².